The van der Waals surface area contributed by atoms with Gasteiger partial charge in [-0.2, -0.15) is 0 Å². The number of carbonyl (C=O) groups excluding carboxylic acids is 1. The average molecular weight is 587 g/mol. The number of benzene rings is 2. The molecule has 1 aliphatic heterocycles. The van der Waals surface area contributed by atoms with Crippen LogP contribution in [0.1, 0.15) is 37.9 Å². The van der Waals surface area contributed by atoms with E-state index in [4.69, 9.17) is 18.9 Å². The minimum absolute atomic E-state index is 0.197. The smallest absolute Gasteiger partial charge is 0.338 e. The highest BCUT2D eigenvalue weighted by Crippen LogP contribution is 2.36. The maximum Gasteiger partial charge on any atom is 0.338 e. The van der Waals surface area contributed by atoms with Gasteiger partial charge in [0.1, 0.15) is 5.75 Å². The topological polar surface area (TPSA) is 88.4 Å². The van der Waals surface area contributed by atoms with Crippen molar-refractivity contribution in [2.24, 2.45) is 4.99 Å². The van der Waals surface area contributed by atoms with E-state index in [1.807, 2.05) is 31.2 Å². The van der Waals surface area contributed by atoms with Crippen LogP contribution in [0.3, 0.4) is 0 Å². The molecule has 1 atom stereocenters. The van der Waals surface area contributed by atoms with Gasteiger partial charge < -0.3 is 18.9 Å². The highest BCUT2D eigenvalue weighted by Gasteiger charge is 2.34. The molecule has 10 heteroatoms. The maximum absolute atomic E-state index is 13.9. The van der Waals surface area contributed by atoms with Crippen molar-refractivity contribution < 1.29 is 23.7 Å². The molecule has 0 amide bonds. The van der Waals surface area contributed by atoms with Crippen molar-refractivity contribution >= 4 is 39.3 Å². The number of halogens is 1. The van der Waals surface area contributed by atoms with Crippen molar-refractivity contribution in [2.45, 2.75) is 26.8 Å². The summed E-state index contributed by atoms with van der Waals surface area (Å²) in [5.41, 5.74) is 1.93. The molecule has 0 spiro atoms. The van der Waals surface area contributed by atoms with E-state index in [1.165, 1.54) is 15.9 Å². The van der Waals surface area contributed by atoms with Crippen LogP contribution in [0.4, 0.5) is 0 Å². The van der Waals surface area contributed by atoms with Crippen LogP contribution in [0.25, 0.3) is 6.08 Å². The molecule has 37 heavy (non-hydrogen) atoms. The molecule has 0 radical (unpaired) electrons. The number of rotatable bonds is 8. The normalized spacial score (nSPS) is 15.2. The van der Waals surface area contributed by atoms with Gasteiger partial charge in [0.25, 0.3) is 5.56 Å². The first-order valence-corrected chi connectivity index (χ1v) is 13.3. The maximum atomic E-state index is 13.9. The van der Waals surface area contributed by atoms with E-state index < -0.39 is 12.0 Å². The molecule has 1 aliphatic rings. The quantitative estimate of drug-likeness (QED) is 0.371. The number of nitrogens with zero attached hydrogens (tertiary/aromatic N) is 2. The van der Waals surface area contributed by atoms with E-state index in [0.717, 1.165) is 10.0 Å². The minimum Gasteiger partial charge on any atom is -0.496 e. The number of thiazole rings is 1. The van der Waals surface area contributed by atoms with Crippen LogP contribution >= 0.6 is 27.3 Å². The highest BCUT2D eigenvalue weighted by molar-refractivity contribution is 9.10. The summed E-state index contributed by atoms with van der Waals surface area (Å²) in [6.07, 6.45) is 1.77. The van der Waals surface area contributed by atoms with Crippen molar-refractivity contribution in [3.05, 3.63) is 83.0 Å². The van der Waals surface area contributed by atoms with E-state index >= 15 is 0 Å². The van der Waals surface area contributed by atoms with Crippen LogP contribution in [0, 0.1) is 0 Å². The lowest BCUT2D eigenvalue weighted by Gasteiger charge is -2.25. The van der Waals surface area contributed by atoms with Gasteiger partial charge in [-0.15, -0.1) is 0 Å². The summed E-state index contributed by atoms with van der Waals surface area (Å²) in [5.74, 6) is 1.18. The van der Waals surface area contributed by atoms with Gasteiger partial charge in [0, 0.05) is 10.0 Å². The molecule has 8 nitrogen and oxygen atoms in total. The first-order chi connectivity index (χ1) is 17.8. The summed E-state index contributed by atoms with van der Waals surface area (Å²) < 4.78 is 24.9. The Labute approximate surface area is 226 Å². The fourth-order valence-corrected chi connectivity index (χ4v) is 5.61. The van der Waals surface area contributed by atoms with Gasteiger partial charge in [-0.05, 0) is 62.7 Å². The summed E-state index contributed by atoms with van der Waals surface area (Å²) in [6, 6.07) is 10.2. The van der Waals surface area contributed by atoms with E-state index in [-0.39, 0.29) is 12.2 Å². The Kier molecular flexibility index (Phi) is 8.19. The molecule has 3 aromatic rings. The summed E-state index contributed by atoms with van der Waals surface area (Å²) in [5, 5.41) is 0. The van der Waals surface area contributed by atoms with Gasteiger partial charge in [-0.25, -0.2) is 9.79 Å². The Morgan fingerprint density at radius 3 is 2.49 bits per heavy atom. The lowest BCUT2D eigenvalue weighted by molar-refractivity contribution is -0.139. The number of fused-ring (bicyclic) bond motifs is 1. The molecule has 4 rings (SSSR count). The number of allylic oxidation sites excluding steroid dienone is 1. The zero-order valence-electron chi connectivity index (χ0n) is 21.2. The van der Waals surface area contributed by atoms with Crippen molar-refractivity contribution in [1.29, 1.82) is 0 Å². The van der Waals surface area contributed by atoms with Crippen LogP contribution in [0.5, 0.6) is 17.2 Å². The van der Waals surface area contributed by atoms with Gasteiger partial charge in [0.15, 0.2) is 16.3 Å². The van der Waals surface area contributed by atoms with Crippen molar-refractivity contribution in [2.75, 3.05) is 27.4 Å². The Hall–Kier alpha value is -3.37. The number of methoxy groups -OCH3 is 2. The fraction of sp³-hybridized carbons (Fsp3) is 0.296. The summed E-state index contributed by atoms with van der Waals surface area (Å²) in [4.78, 5) is 32.1. The number of carbonyl (C=O) groups is 1. The number of aromatic nitrogens is 1. The van der Waals surface area contributed by atoms with E-state index in [0.29, 0.717) is 50.0 Å². The zero-order valence-corrected chi connectivity index (χ0v) is 23.6. The van der Waals surface area contributed by atoms with Crippen LogP contribution < -0.4 is 29.1 Å². The van der Waals surface area contributed by atoms with Crippen LogP contribution in [-0.4, -0.2) is 38.0 Å². The first kappa shape index (κ1) is 26.7. The largest absolute Gasteiger partial charge is 0.496 e. The molecule has 0 N–H and O–H groups in total. The second kappa shape index (κ2) is 11.4. The molecular weight excluding hydrogens is 560 g/mol. The van der Waals surface area contributed by atoms with Crippen molar-refractivity contribution in [3.8, 4) is 17.2 Å². The summed E-state index contributed by atoms with van der Waals surface area (Å²) >= 11 is 4.73. The van der Waals surface area contributed by atoms with Gasteiger partial charge >= 0.3 is 5.97 Å². The zero-order chi connectivity index (χ0) is 26.7. The third-order valence-electron chi connectivity index (χ3n) is 5.80. The molecule has 2 heterocycles. The minimum atomic E-state index is -0.757. The Morgan fingerprint density at radius 1 is 1.08 bits per heavy atom. The number of hydrogen-bond acceptors (Lipinski definition) is 8. The van der Waals surface area contributed by atoms with E-state index in [1.54, 1.807) is 46.3 Å². The number of ether oxygens (including phenoxy) is 4. The molecule has 0 saturated carbocycles. The average Bonchev–Trinajstić information content (AvgIpc) is 3.17. The van der Waals surface area contributed by atoms with Gasteiger partial charge in [0.05, 0.1) is 49.3 Å². The Balaban J connectivity index is 1.98. The van der Waals surface area contributed by atoms with Crippen LogP contribution in [0.2, 0.25) is 0 Å². The lowest BCUT2D eigenvalue weighted by atomic mass is 9.95. The fourth-order valence-electron chi connectivity index (χ4n) is 4.20. The highest BCUT2D eigenvalue weighted by atomic mass is 79.9. The molecule has 0 aliphatic carbocycles. The SMILES string of the molecule is CCOC(=O)C1=C(C)N=c2sc(=Cc3cc(Br)ccc3OC)c(=O)n2C1c1ccc(OC)c(OCC)c1. The molecular formula is C27H27BrN2O6S. The Bertz CT molecular complexity index is 1560. The van der Waals surface area contributed by atoms with Crippen LogP contribution in [-0.2, 0) is 9.53 Å². The molecule has 1 aromatic heterocycles. The molecule has 0 saturated heterocycles. The molecule has 1 unspecified atom stereocenters. The third-order valence-corrected chi connectivity index (χ3v) is 7.27. The van der Waals surface area contributed by atoms with Gasteiger partial charge in [0.2, 0.25) is 0 Å². The summed E-state index contributed by atoms with van der Waals surface area (Å²) in [6.45, 7) is 5.99. The van der Waals surface area contributed by atoms with Crippen molar-refractivity contribution in [1.82, 2.24) is 4.57 Å². The van der Waals surface area contributed by atoms with Crippen molar-refractivity contribution in [3.63, 3.8) is 0 Å². The monoisotopic (exact) mass is 586 g/mol. The molecule has 194 valence electrons. The number of hydrogen-bond donors (Lipinski definition) is 0. The van der Waals surface area contributed by atoms with Gasteiger partial charge in [-0.1, -0.05) is 33.3 Å². The molecule has 0 bridgehead atoms. The lowest BCUT2D eigenvalue weighted by Crippen LogP contribution is -2.40. The second-order valence-corrected chi connectivity index (χ2v) is 9.96. The predicted octanol–water partition coefficient (Wildman–Crippen LogP) is 3.98. The second-order valence-electron chi connectivity index (χ2n) is 8.03. The first-order valence-electron chi connectivity index (χ1n) is 11.7. The third kappa shape index (κ3) is 5.21. The van der Waals surface area contributed by atoms with Gasteiger partial charge in [-0.3, -0.25) is 9.36 Å². The molecule has 0 fully saturated rings. The Morgan fingerprint density at radius 2 is 1.81 bits per heavy atom. The predicted molar refractivity (Wildman–Crippen MR) is 145 cm³/mol. The summed E-state index contributed by atoms with van der Waals surface area (Å²) in [7, 11) is 3.14. The molecule has 2 aromatic carbocycles. The van der Waals surface area contributed by atoms with E-state index in [2.05, 4.69) is 20.9 Å². The standard InChI is InChI=1S/C27H27BrN2O6S/c1-6-35-21-13-16(8-10-20(21)34-5)24-23(26(32)36-7-2)15(3)29-27-30(24)25(31)22(37-27)14-17-12-18(28)9-11-19(17)33-4/h8-14,24H,6-7H2,1-5H3. The number of esters is 1. The van der Waals surface area contributed by atoms with E-state index in [9.17, 15) is 9.59 Å². The van der Waals surface area contributed by atoms with Crippen LogP contribution in [0.15, 0.2) is 61.9 Å².